The zero-order chi connectivity index (χ0) is 22.7. The van der Waals surface area contributed by atoms with Gasteiger partial charge in [0.2, 0.25) is 0 Å². The van der Waals surface area contributed by atoms with Gasteiger partial charge in [-0.25, -0.2) is 4.79 Å². The number of hydrogen-bond acceptors (Lipinski definition) is 3. The summed E-state index contributed by atoms with van der Waals surface area (Å²) >= 11 is 0. The summed E-state index contributed by atoms with van der Waals surface area (Å²) in [5.74, 6) is 6.65. The summed E-state index contributed by atoms with van der Waals surface area (Å²) in [6.45, 7) is 8.10. The van der Waals surface area contributed by atoms with E-state index in [-0.39, 0.29) is 12.2 Å². The molecule has 3 saturated carbocycles. The van der Waals surface area contributed by atoms with Crippen LogP contribution in [0.4, 0.5) is 4.79 Å². The largest absolute Gasteiger partial charge is 0.446 e. The van der Waals surface area contributed by atoms with E-state index in [1.807, 2.05) is 0 Å². The van der Waals surface area contributed by atoms with Crippen LogP contribution in [0.2, 0.25) is 0 Å². The molecule has 4 aliphatic rings. The fourth-order valence-corrected chi connectivity index (χ4v) is 8.13. The van der Waals surface area contributed by atoms with Crippen LogP contribution in [0.3, 0.4) is 0 Å². The van der Waals surface area contributed by atoms with Gasteiger partial charge in [0.1, 0.15) is 6.10 Å². The van der Waals surface area contributed by atoms with E-state index in [2.05, 4.69) is 32.2 Å². The monoisotopic (exact) mass is 444 g/mol. The van der Waals surface area contributed by atoms with E-state index in [0.29, 0.717) is 24.9 Å². The Labute approximate surface area is 196 Å². The first-order valence-corrected chi connectivity index (χ1v) is 13.8. The van der Waals surface area contributed by atoms with E-state index in [9.17, 15) is 4.79 Å². The quantitative estimate of drug-likeness (QED) is 0.432. The van der Waals surface area contributed by atoms with Crippen LogP contribution in [0.5, 0.6) is 0 Å². The van der Waals surface area contributed by atoms with E-state index in [1.54, 1.807) is 5.57 Å². The maximum atomic E-state index is 12.3. The smallest absolute Gasteiger partial charge is 0.407 e. The molecule has 3 fully saturated rings. The summed E-state index contributed by atoms with van der Waals surface area (Å²) in [5.41, 5.74) is 7.18. The van der Waals surface area contributed by atoms with Crippen molar-refractivity contribution in [2.24, 2.45) is 53.1 Å². The van der Waals surface area contributed by atoms with Crippen LogP contribution in [-0.4, -0.2) is 25.3 Å². The third-order valence-electron chi connectivity index (χ3n) is 9.55. The molecule has 0 aromatic rings. The lowest BCUT2D eigenvalue weighted by Gasteiger charge is -2.53. The van der Waals surface area contributed by atoms with E-state index < -0.39 is 0 Å². The van der Waals surface area contributed by atoms with Crippen molar-refractivity contribution in [3.05, 3.63) is 11.6 Å². The highest BCUT2D eigenvalue weighted by Gasteiger charge is 2.50. The average molecular weight is 445 g/mol. The second kappa shape index (κ2) is 10.9. The maximum absolute atomic E-state index is 12.3. The summed E-state index contributed by atoms with van der Waals surface area (Å²) in [4.78, 5) is 12.3. The minimum absolute atomic E-state index is 0.0205. The van der Waals surface area contributed by atoms with Crippen molar-refractivity contribution in [3.8, 4) is 0 Å². The number of ether oxygens (including phenoxy) is 1. The van der Waals surface area contributed by atoms with Crippen LogP contribution >= 0.6 is 0 Å². The van der Waals surface area contributed by atoms with Gasteiger partial charge in [-0.1, -0.05) is 64.5 Å². The Hall–Kier alpha value is -1.03. The average Bonchev–Trinajstić information content (AvgIpc) is 3.25. The first-order valence-electron chi connectivity index (χ1n) is 13.8. The van der Waals surface area contributed by atoms with Crippen molar-refractivity contribution >= 4 is 6.09 Å². The summed E-state index contributed by atoms with van der Waals surface area (Å²) in [6.07, 6.45) is 16.9. The number of amides is 1. The molecule has 0 bridgehead atoms. The summed E-state index contributed by atoms with van der Waals surface area (Å²) in [6, 6.07) is 0. The lowest BCUT2D eigenvalue weighted by Crippen LogP contribution is -2.47. The van der Waals surface area contributed by atoms with E-state index in [4.69, 9.17) is 10.5 Å². The standard InChI is InChI=1S/C28H48N2O2/c1-18(2)6-4-7-19(3)26-17-22(32-28(31)30-15-14-29)16-21-11-12-24-23-9-5-8-20(23)10-13-25(24)27(21)26/h11,18-20,22-27H,4-10,12-17,29H2,1-3H3,(H,30,31)/t19-,20?,22?,23?,24?,25?,26?,27?/m1/s1. The molecule has 1 amide bonds. The molecular formula is C28H48N2O2. The van der Waals surface area contributed by atoms with Gasteiger partial charge in [0.05, 0.1) is 0 Å². The molecule has 4 rings (SSSR count). The van der Waals surface area contributed by atoms with Crippen LogP contribution < -0.4 is 11.1 Å². The van der Waals surface area contributed by atoms with Crippen LogP contribution in [0, 0.1) is 47.3 Å². The number of fused-ring (bicyclic) bond motifs is 5. The number of carbonyl (C=O) groups is 1. The van der Waals surface area contributed by atoms with E-state index in [0.717, 1.165) is 48.3 Å². The fourth-order valence-electron chi connectivity index (χ4n) is 8.13. The van der Waals surface area contributed by atoms with Crippen molar-refractivity contribution < 1.29 is 9.53 Å². The highest BCUT2D eigenvalue weighted by Crippen LogP contribution is 2.58. The highest BCUT2D eigenvalue weighted by atomic mass is 16.6. The SMILES string of the molecule is CC(C)CCC[C@@H](C)C1CC(OC(=O)NCCN)CC2=CCC3C4CCCC4CCC3C21. The molecular weight excluding hydrogens is 396 g/mol. The first kappa shape index (κ1) is 24.1. The maximum Gasteiger partial charge on any atom is 0.407 e. The number of carbonyl (C=O) groups excluding carboxylic acids is 1. The Morgan fingerprint density at radius 1 is 1.12 bits per heavy atom. The van der Waals surface area contributed by atoms with Crippen LogP contribution in [0.15, 0.2) is 11.6 Å². The number of nitrogens with one attached hydrogen (secondary N) is 1. The van der Waals surface area contributed by atoms with Crippen molar-refractivity contribution in [3.63, 3.8) is 0 Å². The minimum Gasteiger partial charge on any atom is -0.446 e. The molecule has 4 nitrogen and oxygen atoms in total. The Bertz CT molecular complexity index is 660. The van der Waals surface area contributed by atoms with Gasteiger partial charge >= 0.3 is 6.09 Å². The highest BCUT2D eigenvalue weighted by molar-refractivity contribution is 5.67. The van der Waals surface area contributed by atoms with Crippen molar-refractivity contribution in [1.29, 1.82) is 0 Å². The number of allylic oxidation sites excluding steroid dienone is 1. The summed E-state index contributed by atoms with van der Waals surface area (Å²) in [7, 11) is 0. The zero-order valence-corrected chi connectivity index (χ0v) is 20.9. The van der Waals surface area contributed by atoms with Crippen LogP contribution in [-0.2, 0) is 4.74 Å². The zero-order valence-electron chi connectivity index (χ0n) is 20.9. The van der Waals surface area contributed by atoms with Crippen molar-refractivity contribution in [2.75, 3.05) is 13.1 Å². The van der Waals surface area contributed by atoms with Crippen LogP contribution in [0.1, 0.15) is 91.4 Å². The molecule has 0 spiro atoms. The lowest BCUT2D eigenvalue weighted by molar-refractivity contribution is -0.00985. The minimum atomic E-state index is -0.286. The topological polar surface area (TPSA) is 64.3 Å². The fraction of sp³-hybridized carbons (Fsp3) is 0.893. The van der Waals surface area contributed by atoms with E-state index in [1.165, 1.54) is 57.8 Å². The lowest BCUT2D eigenvalue weighted by atomic mass is 9.53. The molecule has 182 valence electrons. The second-order valence-corrected chi connectivity index (χ2v) is 11.9. The van der Waals surface area contributed by atoms with Gasteiger partial charge < -0.3 is 15.8 Å². The third kappa shape index (κ3) is 5.37. The summed E-state index contributed by atoms with van der Waals surface area (Å²) in [5, 5.41) is 2.81. The normalized spacial score (nSPS) is 37.2. The number of rotatable bonds is 8. The van der Waals surface area contributed by atoms with Gasteiger partial charge in [-0.3, -0.25) is 0 Å². The summed E-state index contributed by atoms with van der Waals surface area (Å²) < 4.78 is 5.92. The molecule has 0 radical (unpaired) electrons. The first-order chi connectivity index (χ1) is 15.5. The molecule has 0 heterocycles. The van der Waals surface area contributed by atoms with Crippen LogP contribution in [0.25, 0.3) is 0 Å². The Morgan fingerprint density at radius 3 is 2.75 bits per heavy atom. The molecule has 0 aromatic heterocycles. The number of hydrogen-bond donors (Lipinski definition) is 2. The molecule has 0 aliphatic heterocycles. The molecule has 0 aromatic carbocycles. The molecule has 32 heavy (non-hydrogen) atoms. The second-order valence-electron chi connectivity index (χ2n) is 11.9. The molecule has 7 unspecified atom stereocenters. The van der Waals surface area contributed by atoms with Gasteiger partial charge in [-0.15, -0.1) is 0 Å². The van der Waals surface area contributed by atoms with Gasteiger partial charge in [-0.2, -0.15) is 0 Å². The molecule has 4 aliphatic carbocycles. The Balaban J connectivity index is 1.50. The van der Waals surface area contributed by atoms with Gasteiger partial charge in [-0.05, 0) is 79.4 Å². The van der Waals surface area contributed by atoms with Gasteiger partial charge in [0.15, 0.2) is 0 Å². The van der Waals surface area contributed by atoms with E-state index >= 15 is 0 Å². The number of nitrogens with two attached hydrogens (primary N) is 1. The third-order valence-corrected chi connectivity index (χ3v) is 9.55. The molecule has 4 heteroatoms. The molecule has 3 N–H and O–H groups in total. The number of alkyl carbamates (subject to hydrolysis) is 1. The molecule has 8 atom stereocenters. The predicted molar refractivity (Wildman–Crippen MR) is 131 cm³/mol. The van der Waals surface area contributed by atoms with Crippen molar-refractivity contribution in [2.45, 2.75) is 97.5 Å². The van der Waals surface area contributed by atoms with Gasteiger partial charge in [0.25, 0.3) is 0 Å². The Kier molecular flexibility index (Phi) is 8.23. The van der Waals surface area contributed by atoms with Gasteiger partial charge in [0, 0.05) is 19.5 Å². The predicted octanol–water partition coefficient (Wildman–Crippen LogP) is 6.30. The molecule has 0 saturated heterocycles. The van der Waals surface area contributed by atoms with Crippen molar-refractivity contribution in [1.82, 2.24) is 5.32 Å². The Morgan fingerprint density at radius 2 is 1.97 bits per heavy atom.